The SMILES string of the molecule is Cc1[c-]c(C(=O)NN)c(F)cc1.[Y]. The van der Waals surface area contributed by atoms with Crippen molar-refractivity contribution in [2.45, 2.75) is 6.92 Å². The summed E-state index contributed by atoms with van der Waals surface area (Å²) >= 11 is 0. The molecular weight excluding hydrogens is 248 g/mol. The van der Waals surface area contributed by atoms with Crippen LogP contribution in [0.2, 0.25) is 0 Å². The van der Waals surface area contributed by atoms with Crippen LogP contribution in [0.1, 0.15) is 15.9 Å². The zero-order chi connectivity index (χ0) is 9.14. The molecule has 13 heavy (non-hydrogen) atoms. The predicted octanol–water partition coefficient (Wildman–Crippen LogP) is 0.535. The van der Waals surface area contributed by atoms with E-state index >= 15 is 0 Å². The number of rotatable bonds is 1. The van der Waals surface area contributed by atoms with Crippen molar-refractivity contribution in [1.82, 2.24) is 5.43 Å². The quantitative estimate of drug-likeness (QED) is 0.333. The number of nitrogens with one attached hydrogen (secondary N) is 1. The van der Waals surface area contributed by atoms with E-state index in [9.17, 15) is 9.18 Å². The summed E-state index contributed by atoms with van der Waals surface area (Å²) in [5, 5.41) is 0. The first-order chi connectivity index (χ1) is 5.65. The monoisotopic (exact) mass is 256 g/mol. The number of hydrogen-bond donors (Lipinski definition) is 2. The fraction of sp³-hybridized carbons (Fsp3) is 0.125. The number of nitrogens with two attached hydrogens (primary N) is 1. The Morgan fingerprint density at radius 1 is 1.62 bits per heavy atom. The smallest absolute Gasteiger partial charge is 0.181 e. The van der Waals surface area contributed by atoms with Crippen LogP contribution in [0.25, 0.3) is 0 Å². The number of hydrazine groups is 1. The molecule has 0 heterocycles. The third-order valence-corrected chi connectivity index (χ3v) is 1.40. The molecule has 0 aliphatic rings. The topological polar surface area (TPSA) is 55.1 Å². The zero-order valence-electron chi connectivity index (χ0n) is 7.10. The molecule has 0 saturated heterocycles. The van der Waals surface area contributed by atoms with Crippen LogP contribution in [-0.4, -0.2) is 5.91 Å². The van der Waals surface area contributed by atoms with Crippen molar-refractivity contribution >= 4 is 5.91 Å². The van der Waals surface area contributed by atoms with Gasteiger partial charge in [-0.15, -0.1) is 23.8 Å². The molecule has 1 aromatic rings. The van der Waals surface area contributed by atoms with Crippen molar-refractivity contribution in [2.75, 3.05) is 0 Å². The van der Waals surface area contributed by atoms with Crippen molar-refractivity contribution in [3.8, 4) is 0 Å². The van der Waals surface area contributed by atoms with Gasteiger partial charge in [0.05, 0.1) is 0 Å². The predicted molar refractivity (Wildman–Crippen MR) is 41.6 cm³/mol. The van der Waals surface area contributed by atoms with Crippen molar-refractivity contribution in [2.24, 2.45) is 5.84 Å². The number of hydrogen-bond acceptors (Lipinski definition) is 2. The molecule has 0 bridgehead atoms. The van der Waals surface area contributed by atoms with Gasteiger partial charge in [0.15, 0.2) is 5.91 Å². The molecule has 5 heteroatoms. The van der Waals surface area contributed by atoms with Crippen molar-refractivity contribution in [1.29, 1.82) is 0 Å². The fourth-order valence-electron chi connectivity index (χ4n) is 0.817. The van der Waals surface area contributed by atoms with E-state index in [0.29, 0.717) is 5.56 Å². The molecule has 0 unspecified atom stereocenters. The molecule has 3 N–H and O–H groups in total. The zero-order valence-corrected chi connectivity index (χ0v) is 9.93. The molecule has 0 atom stereocenters. The average molecular weight is 256 g/mol. The van der Waals surface area contributed by atoms with Crippen LogP contribution in [0.3, 0.4) is 0 Å². The molecule has 0 spiro atoms. The normalized spacial score (nSPS) is 8.85. The van der Waals surface area contributed by atoms with Gasteiger partial charge in [-0.2, -0.15) is 0 Å². The number of halogens is 1. The first-order valence-corrected chi connectivity index (χ1v) is 3.34. The third-order valence-electron chi connectivity index (χ3n) is 1.40. The molecule has 0 fully saturated rings. The largest absolute Gasteiger partial charge is 0.330 e. The maximum Gasteiger partial charge on any atom is 0.181 e. The van der Waals surface area contributed by atoms with Crippen molar-refractivity contribution in [3.63, 3.8) is 0 Å². The molecule has 0 saturated carbocycles. The van der Waals surface area contributed by atoms with E-state index in [1.807, 2.05) is 5.43 Å². The Morgan fingerprint density at radius 3 is 2.77 bits per heavy atom. The Labute approximate surface area is 101 Å². The summed E-state index contributed by atoms with van der Waals surface area (Å²) in [7, 11) is 0. The van der Waals surface area contributed by atoms with Crippen LogP contribution in [-0.2, 0) is 32.7 Å². The minimum Gasteiger partial charge on any atom is -0.330 e. The maximum atomic E-state index is 12.9. The van der Waals surface area contributed by atoms with Gasteiger partial charge in [-0.3, -0.25) is 10.2 Å². The van der Waals surface area contributed by atoms with E-state index in [4.69, 9.17) is 5.84 Å². The van der Waals surface area contributed by atoms with E-state index in [2.05, 4.69) is 6.07 Å². The Hall–Kier alpha value is -0.316. The van der Waals surface area contributed by atoms with Gasteiger partial charge in [-0.1, -0.05) is 12.5 Å². The standard InChI is InChI=1S/C8H8FN2O.Y/c1-5-2-3-7(9)6(4-5)8(12)11-10;/h2-3H,10H2,1H3,(H,11,12);/q-1;. The van der Waals surface area contributed by atoms with Crippen LogP contribution in [0.5, 0.6) is 0 Å². The molecule has 1 radical (unpaired) electrons. The van der Waals surface area contributed by atoms with Crippen LogP contribution in [0.15, 0.2) is 12.1 Å². The van der Waals surface area contributed by atoms with Crippen LogP contribution < -0.4 is 11.3 Å². The summed E-state index contributed by atoms with van der Waals surface area (Å²) in [6.07, 6.45) is 0. The second-order valence-electron chi connectivity index (χ2n) is 2.34. The Kier molecular flexibility index (Phi) is 5.29. The summed E-state index contributed by atoms with van der Waals surface area (Å²) in [5.74, 6) is 3.54. The van der Waals surface area contributed by atoms with Gasteiger partial charge in [0, 0.05) is 38.5 Å². The van der Waals surface area contributed by atoms with E-state index in [-0.39, 0.29) is 38.3 Å². The number of carbonyl (C=O) groups is 1. The molecular formula is C8H8FN2OY-. The molecule has 1 aromatic carbocycles. The van der Waals surface area contributed by atoms with Gasteiger partial charge in [0.25, 0.3) is 0 Å². The number of amides is 1. The molecule has 0 aliphatic carbocycles. The fourth-order valence-corrected chi connectivity index (χ4v) is 0.817. The summed E-state index contributed by atoms with van der Waals surface area (Å²) < 4.78 is 12.9. The Balaban J connectivity index is 0.00000144. The minimum atomic E-state index is -0.670. The first kappa shape index (κ1) is 12.7. The van der Waals surface area contributed by atoms with E-state index in [0.717, 1.165) is 0 Å². The van der Waals surface area contributed by atoms with E-state index < -0.39 is 11.7 Å². The number of aryl methyl sites for hydroxylation is 1. The minimum absolute atomic E-state index is 0. The van der Waals surface area contributed by atoms with Gasteiger partial charge in [0.1, 0.15) is 0 Å². The summed E-state index contributed by atoms with van der Waals surface area (Å²) in [4.78, 5) is 10.9. The van der Waals surface area contributed by atoms with Crippen molar-refractivity contribution in [3.05, 3.63) is 35.1 Å². The van der Waals surface area contributed by atoms with Gasteiger partial charge in [-0.25, -0.2) is 0 Å². The second-order valence-corrected chi connectivity index (χ2v) is 2.34. The summed E-state index contributed by atoms with van der Waals surface area (Å²) in [6, 6.07) is 5.29. The Bertz CT molecular complexity index is 317. The van der Waals surface area contributed by atoms with Crippen LogP contribution in [0.4, 0.5) is 4.39 Å². The maximum absolute atomic E-state index is 12.9. The van der Waals surface area contributed by atoms with Gasteiger partial charge in [0.2, 0.25) is 0 Å². The molecule has 0 aliphatic heterocycles. The number of nitrogen functional groups attached to an aromatic ring is 1. The van der Waals surface area contributed by atoms with Gasteiger partial charge < -0.3 is 10.2 Å². The molecule has 67 valence electrons. The van der Waals surface area contributed by atoms with E-state index in [1.54, 1.807) is 6.92 Å². The van der Waals surface area contributed by atoms with Crippen LogP contribution in [0, 0.1) is 18.8 Å². The molecule has 0 aromatic heterocycles. The summed E-state index contributed by atoms with van der Waals surface area (Å²) in [5.41, 5.74) is 2.37. The number of carbonyl (C=O) groups excluding carboxylic acids is 1. The summed E-state index contributed by atoms with van der Waals surface area (Å²) in [6.45, 7) is 1.72. The van der Waals surface area contributed by atoms with Gasteiger partial charge >= 0.3 is 0 Å². The van der Waals surface area contributed by atoms with E-state index in [1.165, 1.54) is 12.1 Å². The van der Waals surface area contributed by atoms with Crippen LogP contribution >= 0.6 is 0 Å². The molecule has 1 amide bonds. The second kappa shape index (κ2) is 5.42. The molecule has 1 rings (SSSR count). The Morgan fingerprint density at radius 2 is 2.23 bits per heavy atom. The van der Waals surface area contributed by atoms with Crippen molar-refractivity contribution < 1.29 is 41.9 Å². The average Bonchev–Trinajstić information content (AvgIpc) is 2.08. The van der Waals surface area contributed by atoms with Gasteiger partial charge in [-0.05, 0) is 0 Å². The number of benzene rings is 1. The molecule has 3 nitrogen and oxygen atoms in total. The first-order valence-electron chi connectivity index (χ1n) is 3.34. The third kappa shape index (κ3) is 3.14.